The van der Waals surface area contributed by atoms with Crippen LogP contribution < -0.4 is 0 Å². The van der Waals surface area contributed by atoms with Crippen LogP contribution in [0.4, 0.5) is 5.69 Å². The summed E-state index contributed by atoms with van der Waals surface area (Å²) >= 11 is 0. The maximum Gasteiger partial charge on any atom is 0.310 e. The molecule has 6 nitrogen and oxygen atoms in total. The van der Waals surface area contributed by atoms with Crippen LogP contribution >= 0.6 is 0 Å². The molecule has 0 spiro atoms. The maximum absolute atomic E-state index is 10.8. The lowest BCUT2D eigenvalue weighted by atomic mass is 9.95. The highest BCUT2D eigenvalue weighted by Gasteiger charge is 2.16. The summed E-state index contributed by atoms with van der Waals surface area (Å²) < 4.78 is 0. The van der Waals surface area contributed by atoms with Crippen molar-refractivity contribution < 1.29 is 10.0 Å². The molecule has 0 bridgehead atoms. The van der Waals surface area contributed by atoms with Crippen molar-refractivity contribution >= 4 is 17.5 Å². The van der Waals surface area contributed by atoms with Gasteiger partial charge in [-0.3, -0.25) is 20.1 Å². The number of phenols is 1. The number of nitro groups is 1. The number of aliphatic imine (C=N–C) groups is 1. The predicted octanol–water partition coefficient (Wildman–Crippen LogP) is 3.36. The zero-order chi connectivity index (χ0) is 16.2. The Labute approximate surface area is 133 Å². The van der Waals surface area contributed by atoms with Crippen molar-refractivity contribution in [3.63, 3.8) is 0 Å². The summed E-state index contributed by atoms with van der Waals surface area (Å²) in [5.74, 6) is -0.333. The van der Waals surface area contributed by atoms with E-state index in [4.69, 9.17) is 0 Å². The highest BCUT2D eigenvalue weighted by molar-refractivity contribution is 6.15. The number of phenolic OH excluding ortho intramolecular Hbond substituents is 1. The van der Waals surface area contributed by atoms with Gasteiger partial charge in [-0.1, -0.05) is 0 Å². The molecule has 0 atom stereocenters. The van der Waals surface area contributed by atoms with Crippen molar-refractivity contribution in [2.45, 2.75) is 12.8 Å². The number of nitro benzene ring substituents is 1. The van der Waals surface area contributed by atoms with Crippen LogP contribution in [0.2, 0.25) is 0 Å². The number of aromatic hydroxyl groups is 1. The number of allylic oxidation sites excluding steroid dienone is 1. The van der Waals surface area contributed by atoms with Gasteiger partial charge in [0.25, 0.3) is 0 Å². The molecular weight excluding hydrogens is 294 g/mol. The van der Waals surface area contributed by atoms with E-state index in [0.29, 0.717) is 5.56 Å². The van der Waals surface area contributed by atoms with Gasteiger partial charge in [-0.25, -0.2) is 0 Å². The summed E-state index contributed by atoms with van der Waals surface area (Å²) in [6.07, 6.45) is 7.21. The van der Waals surface area contributed by atoms with Crippen LogP contribution in [-0.4, -0.2) is 27.3 Å². The Hall–Kier alpha value is -3.02. The molecule has 1 aromatic heterocycles. The molecule has 6 heteroatoms. The zero-order valence-corrected chi connectivity index (χ0v) is 12.3. The molecule has 0 aliphatic carbocycles. The first-order valence-corrected chi connectivity index (χ1v) is 7.28. The lowest BCUT2D eigenvalue weighted by Crippen LogP contribution is -2.11. The van der Waals surface area contributed by atoms with E-state index in [1.165, 1.54) is 12.1 Å². The van der Waals surface area contributed by atoms with Gasteiger partial charge in [0.1, 0.15) is 0 Å². The van der Waals surface area contributed by atoms with E-state index < -0.39 is 4.92 Å². The van der Waals surface area contributed by atoms with Crippen LogP contribution in [0.25, 0.3) is 6.08 Å². The first-order valence-electron chi connectivity index (χ1n) is 7.28. The number of nitrogens with zero attached hydrogens (tertiary/aromatic N) is 3. The van der Waals surface area contributed by atoms with Crippen LogP contribution in [0.15, 0.2) is 53.3 Å². The van der Waals surface area contributed by atoms with Crippen LogP contribution in [0.3, 0.4) is 0 Å². The van der Waals surface area contributed by atoms with Crippen molar-refractivity contribution in [1.29, 1.82) is 0 Å². The van der Waals surface area contributed by atoms with Gasteiger partial charge in [0.2, 0.25) is 0 Å². The predicted molar refractivity (Wildman–Crippen MR) is 87.6 cm³/mol. The van der Waals surface area contributed by atoms with Gasteiger partial charge in [0.05, 0.1) is 10.6 Å². The fourth-order valence-corrected chi connectivity index (χ4v) is 2.59. The van der Waals surface area contributed by atoms with E-state index in [1.807, 2.05) is 18.2 Å². The third-order valence-electron chi connectivity index (χ3n) is 3.65. The van der Waals surface area contributed by atoms with Crippen LogP contribution in [-0.2, 0) is 0 Å². The first-order chi connectivity index (χ1) is 11.1. The Balaban J connectivity index is 1.97. The molecule has 0 amide bonds. The minimum absolute atomic E-state index is 0.294. The molecule has 23 heavy (non-hydrogen) atoms. The van der Waals surface area contributed by atoms with Crippen molar-refractivity contribution in [3.05, 3.63) is 69.5 Å². The fourth-order valence-electron chi connectivity index (χ4n) is 2.59. The summed E-state index contributed by atoms with van der Waals surface area (Å²) in [6, 6.07) is 8.16. The number of benzene rings is 1. The standard InChI is InChI=1S/C17H15N3O3/c21-16-10-12(5-6-15(16)20(22)23)9-13-3-2-8-19-17(13)14-4-1-7-18-11-14/h1,4-7,9-11,21H,2-3,8H2. The van der Waals surface area contributed by atoms with Gasteiger partial charge < -0.3 is 5.11 Å². The number of hydrogen-bond acceptors (Lipinski definition) is 5. The van der Waals surface area contributed by atoms with Gasteiger partial charge in [-0.2, -0.15) is 0 Å². The van der Waals surface area contributed by atoms with E-state index >= 15 is 0 Å². The number of pyridine rings is 1. The topological polar surface area (TPSA) is 88.6 Å². The van der Waals surface area contributed by atoms with E-state index in [2.05, 4.69) is 9.98 Å². The van der Waals surface area contributed by atoms with E-state index in [1.54, 1.807) is 18.5 Å². The fraction of sp³-hybridized carbons (Fsp3) is 0.176. The van der Waals surface area contributed by atoms with Crippen molar-refractivity contribution in [3.8, 4) is 5.75 Å². The molecule has 1 aliphatic rings. The highest BCUT2D eigenvalue weighted by atomic mass is 16.6. The van der Waals surface area contributed by atoms with Crippen molar-refractivity contribution in [2.24, 2.45) is 4.99 Å². The van der Waals surface area contributed by atoms with E-state index in [-0.39, 0.29) is 11.4 Å². The average molecular weight is 309 g/mol. The summed E-state index contributed by atoms with van der Waals surface area (Å²) in [6.45, 7) is 0.771. The summed E-state index contributed by atoms with van der Waals surface area (Å²) in [7, 11) is 0. The maximum atomic E-state index is 10.8. The van der Waals surface area contributed by atoms with Crippen molar-refractivity contribution in [1.82, 2.24) is 4.98 Å². The number of rotatable bonds is 3. The van der Waals surface area contributed by atoms with Gasteiger partial charge in [-0.15, -0.1) is 0 Å². The normalized spacial score (nSPS) is 16.2. The lowest BCUT2D eigenvalue weighted by Gasteiger charge is -2.16. The molecule has 0 saturated carbocycles. The monoisotopic (exact) mass is 309 g/mol. The Morgan fingerprint density at radius 3 is 2.87 bits per heavy atom. The van der Waals surface area contributed by atoms with Gasteiger partial charge in [0, 0.05) is 30.6 Å². The molecule has 0 saturated heterocycles. The third kappa shape index (κ3) is 3.26. The Kier molecular flexibility index (Phi) is 4.14. The minimum Gasteiger partial charge on any atom is -0.502 e. The Morgan fingerprint density at radius 2 is 2.17 bits per heavy atom. The molecular formula is C17H15N3O3. The SMILES string of the molecule is O=[N+]([O-])c1ccc(C=C2CCCN=C2c2cccnc2)cc1O. The Morgan fingerprint density at radius 1 is 1.30 bits per heavy atom. The largest absolute Gasteiger partial charge is 0.502 e. The van der Waals surface area contributed by atoms with Gasteiger partial charge >= 0.3 is 5.69 Å². The van der Waals surface area contributed by atoms with E-state index in [9.17, 15) is 15.2 Å². The summed E-state index contributed by atoms with van der Waals surface area (Å²) in [5, 5.41) is 20.5. The van der Waals surface area contributed by atoms with Gasteiger partial charge in [-0.05, 0) is 54.3 Å². The third-order valence-corrected chi connectivity index (χ3v) is 3.65. The first kappa shape index (κ1) is 14.9. The Bertz CT molecular complexity index is 798. The molecule has 0 unspecified atom stereocenters. The molecule has 3 rings (SSSR count). The molecule has 2 heterocycles. The quantitative estimate of drug-likeness (QED) is 0.695. The van der Waals surface area contributed by atoms with Gasteiger partial charge in [0.15, 0.2) is 5.75 Å². The molecule has 1 aromatic carbocycles. The van der Waals surface area contributed by atoms with Crippen LogP contribution in [0, 0.1) is 10.1 Å². The summed E-state index contributed by atoms with van der Waals surface area (Å²) in [5.41, 5.74) is 3.29. The van der Waals surface area contributed by atoms with Crippen LogP contribution in [0.5, 0.6) is 5.75 Å². The lowest BCUT2D eigenvalue weighted by molar-refractivity contribution is -0.385. The van der Waals surface area contributed by atoms with E-state index in [0.717, 1.165) is 36.2 Å². The number of hydrogen-bond donors (Lipinski definition) is 1. The second-order valence-electron chi connectivity index (χ2n) is 5.25. The molecule has 116 valence electrons. The minimum atomic E-state index is -0.602. The second kappa shape index (κ2) is 6.39. The average Bonchev–Trinajstić information content (AvgIpc) is 2.56. The molecule has 0 fully saturated rings. The second-order valence-corrected chi connectivity index (χ2v) is 5.25. The smallest absolute Gasteiger partial charge is 0.310 e. The molecule has 0 radical (unpaired) electrons. The highest BCUT2D eigenvalue weighted by Crippen LogP contribution is 2.28. The van der Waals surface area contributed by atoms with Crippen LogP contribution in [0.1, 0.15) is 24.0 Å². The number of aromatic nitrogens is 1. The molecule has 1 N–H and O–H groups in total. The molecule has 2 aromatic rings. The van der Waals surface area contributed by atoms with Crippen molar-refractivity contribution in [2.75, 3.05) is 6.54 Å². The molecule has 1 aliphatic heterocycles. The summed E-state index contributed by atoms with van der Waals surface area (Å²) in [4.78, 5) is 18.9. The zero-order valence-electron chi connectivity index (χ0n) is 12.3.